The minimum atomic E-state index is -0.403. The molecule has 0 aliphatic heterocycles. The van der Waals surface area contributed by atoms with Crippen LogP contribution in [0, 0.1) is 5.82 Å². The molecule has 0 aliphatic carbocycles. The Kier molecular flexibility index (Phi) is 5.77. The molecule has 1 aromatic heterocycles. The zero-order valence-corrected chi connectivity index (χ0v) is 14.3. The lowest BCUT2D eigenvalue weighted by Crippen LogP contribution is -2.31. The van der Waals surface area contributed by atoms with Crippen molar-refractivity contribution in [3.63, 3.8) is 0 Å². The fourth-order valence-electron chi connectivity index (χ4n) is 2.28. The number of halogens is 2. The van der Waals surface area contributed by atoms with Crippen LogP contribution < -0.4 is 0 Å². The van der Waals surface area contributed by atoms with Gasteiger partial charge in [-0.15, -0.1) is 0 Å². The van der Waals surface area contributed by atoms with Gasteiger partial charge in [-0.2, -0.15) is 5.10 Å². The summed E-state index contributed by atoms with van der Waals surface area (Å²) in [6.07, 6.45) is 3.89. The van der Waals surface area contributed by atoms with Crippen molar-refractivity contribution in [1.82, 2.24) is 14.7 Å². The fourth-order valence-corrected chi connectivity index (χ4v) is 2.51. The molecule has 0 aliphatic rings. The number of carbonyl (C=O) groups is 1. The summed E-state index contributed by atoms with van der Waals surface area (Å²) < 4.78 is 14.9. The van der Waals surface area contributed by atoms with Crippen LogP contribution >= 0.6 is 11.6 Å². The maximum absolute atomic E-state index is 13.1. The van der Waals surface area contributed by atoms with Crippen molar-refractivity contribution in [2.45, 2.75) is 39.8 Å². The summed E-state index contributed by atoms with van der Waals surface area (Å²) in [6.45, 7) is 7.12. The van der Waals surface area contributed by atoms with Gasteiger partial charge in [0, 0.05) is 35.9 Å². The highest BCUT2D eigenvalue weighted by molar-refractivity contribution is 6.31. The number of rotatable bonds is 6. The predicted molar refractivity (Wildman–Crippen MR) is 88.8 cm³/mol. The Hall–Kier alpha value is -1.88. The molecule has 0 saturated heterocycles. The van der Waals surface area contributed by atoms with Crippen molar-refractivity contribution < 1.29 is 9.18 Å². The number of hydrogen-bond acceptors (Lipinski definition) is 2. The molecule has 0 atom stereocenters. The van der Waals surface area contributed by atoms with E-state index in [1.165, 1.54) is 12.1 Å². The standard InChI is InChI=1S/C17H21ClFN3O/c1-4-21(10-13-9-20-22(11-13)12(2)3)17(23)7-14-5-6-15(19)8-16(14)18/h5-6,8-9,11-12H,4,7,10H2,1-3H3. The topological polar surface area (TPSA) is 38.1 Å². The summed E-state index contributed by atoms with van der Waals surface area (Å²) in [4.78, 5) is 14.2. The van der Waals surface area contributed by atoms with E-state index in [1.807, 2.05) is 17.8 Å². The van der Waals surface area contributed by atoms with E-state index in [1.54, 1.807) is 17.2 Å². The molecule has 0 spiro atoms. The molecule has 23 heavy (non-hydrogen) atoms. The van der Waals surface area contributed by atoms with Gasteiger partial charge in [0.05, 0.1) is 12.6 Å². The Morgan fingerprint density at radius 1 is 1.43 bits per heavy atom. The van der Waals surface area contributed by atoms with Crippen molar-refractivity contribution in [3.05, 3.63) is 52.6 Å². The average Bonchev–Trinajstić information content (AvgIpc) is 2.96. The highest BCUT2D eigenvalue weighted by Gasteiger charge is 2.16. The highest BCUT2D eigenvalue weighted by atomic mass is 35.5. The highest BCUT2D eigenvalue weighted by Crippen LogP contribution is 2.19. The molecular formula is C17H21ClFN3O. The minimum Gasteiger partial charge on any atom is -0.338 e. The van der Waals surface area contributed by atoms with Crippen LogP contribution in [0.5, 0.6) is 0 Å². The third-order valence-electron chi connectivity index (χ3n) is 3.65. The van der Waals surface area contributed by atoms with E-state index in [2.05, 4.69) is 18.9 Å². The average molecular weight is 338 g/mol. The monoisotopic (exact) mass is 337 g/mol. The molecule has 4 nitrogen and oxygen atoms in total. The maximum atomic E-state index is 13.1. The number of carbonyl (C=O) groups excluding carboxylic acids is 1. The third kappa shape index (κ3) is 4.55. The van der Waals surface area contributed by atoms with Crippen LogP contribution in [0.1, 0.15) is 37.9 Å². The largest absolute Gasteiger partial charge is 0.338 e. The molecule has 1 amide bonds. The van der Waals surface area contributed by atoms with Gasteiger partial charge in [0.25, 0.3) is 0 Å². The van der Waals surface area contributed by atoms with Gasteiger partial charge in [-0.3, -0.25) is 9.48 Å². The number of benzene rings is 1. The Labute approximate surface area is 140 Å². The van der Waals surface area contributed by atoms with E-state index < -0.39 is 5.82 Å². The summed E-state index contributed by atoms with van der Waals surface area (Å²) in [5, 5.41) is 4.57. The summed E-state index contributed by atoms with van der Waals surface area (Å²) >= 11 is 6.00. The second-order valence-electron chi connectivity index (χ2n) is 5.74. The Bertz CT molecular complexity index is 684. The van der Waals surface area contributed by atoms with Crippen LogP contribution in [0.3, 0.4) is 0 Å². The predicted octanol–water partition coefficient (Wildman–Crippen LogP) is 3.85. The lowest BCUT2D eigenvalue weighted by Gasteiger charge is -2.20. The molecular weight excluding hydrogens is 317 g/mol. The molecule has 0 bridgehead atoms. The van der Waals surface area contributed by atoms with Crippen molar-refractivity contribution in [3.8, 4) is 0 Å². The van der Waals surface area contributed by atoms with Crippen LogP contribution in [0.4, 0.5) is 4.39 Å². The zero-order chi connectivity index (χ0) is 17.0. The van der Waals surface area contributed by atoms with Crippen LogP contribution in [0.2, 0.25) is 5.02 Å². The Morgan fingerprint density at radius 2 is 2.17 bits per heavy atom. The number of likely N-dealkylation sites (N-methyl/N-ethyl adjacent to an activating group) is 1. The van der Waals surface area contributed by atoms with Crippen LogP contribution in [0.25, 0.3) is 0 Å². The number of aromatic nitrogens is 2. The maximum Gasteiger partial charge on any atom is 0.227 e. The van der Waals surface area contributed by atoms with Gasteiger partial charge < -0.3 is 4.90 Å². The van der Waals surface area contributed by atoms with Crippen molar-refractivity contribution >= 4 is 17.5 Å². The summed E-state index contributed by atoms with van der Waals surface area (Å²) in [6, 6.07) is 4.39. The lowest BCUT2D eigenvalue weighted by atomic mass is 10.1. The molecule has 1 aromatic carbocycles. The van der Waals surface area contributed by atoms with Gasteiger partial charge in [0.2, 0.25) is 5.91 Å². The van der Waals surface area contributed by atoms with Crippen molar-refractivity contribution in [2.75, 3.05) is 6.54 Å². The molecule has 0 radical (unpaired) electrons. The zero-order valence-electron chi connectivity index (χ0n) is 13.6. The van der Waals surface area contributed by atoms with Gasteiger partial charge >= 0.3 is 0 Å². The first-order chi connectivity index (χ1) is 10.9. The summed E-state index contributed by atoms with van der Waals surface area (Å²) in [5.41, 5.74) is 1.62. The molecule has 0 fully saturated rings. The van der Waals surface area contributed by atoms with E-state index in [0.717, 1.165) is 5.56 Å². The number of amides is 1. The molecule has 1 heterocycles. The summed E-state index contributed by atoms with van der Waals surface area (Å²) in [5.74, 6) is -0.446. The first-order valence-electron chi connectivity index (χ1n) is 7.65. The molecule has 124 valence electrons. The molecule has 6 heteroatoms. The van der Waals surface area contributed by atoms with Gasteiger partial charge in [0.1, 0.15) is 5.82 Å². The quantitative estimate of drug-likeness (QED) is 0.803. The van der Waals surface area contributed by atoms with E-state index in [-0.39, 0.29) is 23.4 Å². The first kappa shape index (κ1) is 17.5. The van der Waals surface area contributed by atoms with E-state index in [0.29, 0.717) is 18.7 Å². The van der Waals surface area contributed by atoms with Crippen LogP contribution in [-0.4, -0.2) is 27.1 Å². The summed E-state index contributed by atoms with van der Waals surface area (Å²) in [7, 11) is 0. The normalized spacial score (nSPS) is 11.0. The fraction of sp³-hybridized carbons (Fsp3) is 0.412. The molecule has 0 N–H and O–H groups in total. The second kappa shape index (κ2) is 7.59. The van der Waals surface area contributed by atoms with E-state index in [9.17, 15) is 9.18 Å². The minimum absolute atomic E-state index is 0.0432. The first-order valence-corrected chi connectivity index (χ1v) is 8.03. The van der Waals surface area contributed by atoms with Gasteiger partial charge in [0.15, 0.2) is 0 Å². The lowest BCUT2D eigenvalue weighted by molar-refractivity contribution is -0.130. The van der Waals surface area contributed by atoms with Crippen LogP contribution in [-0.2, 0) is 17.8 Å². The molecule has 0 unspecified atom stereocenters. The third-order valence-corrected chi connectivity index (χ3v) is 4.00. The smallest absolute Gasteiger partial charge is 0.227 e. The van der Waals surface area contributed by atoms with Crippen LogP contribution in [0.15, 0.2) is 30.6 Å². The molecule has 0 saturated carbocycles. The number of hydrogen-bond donors (Lipinski definition) is 0. The SMILES string of the molecule is CCN(Cc1cnn(C(C)C)c1)C(=O)Cc1ccc(F)cc1Cl. The second-order valence-corrected chi connectivity index (χ2v) is 6.15. The van der Waals surface area contributed by atoms with E-state index >= 15 is 0 Å². The number of nitrogens with zero attached hydrogens (tertiary/aromatic N) is 3. The Morgan fingerprint density at radius 3 is 2.74 bits per heavy atom. The van der Waals surface area contributed by atoms with Crippen molar-refractivity contribution in [1.29, 1.82) is 0 Å². The molecule has 2 aromatic rings. The van der Waals surface area contributed by atoms with Gasteiger partial charge in [-0.1, -0.05) is 17.7 Å². The Balaban J connectivity index is 2.05. The van der Waals surface area contributed by atoms with Gasteiger partial charge in [-0.05, 0) is 38.5 Å². The van der Waals surface area contributed by atoms with Crippen molar-refractivity contribution in [2.24, 2.45) is 0 Å². The molecule has 2 rings (SSSR count). The van der Waals surface area contributed by atoms with E-state index in [4.69, 9.17) is 11.6 Å². The van der Waals surface area contributed by atoms with Gasteiger partial charge in [-0.25, -0.2) is 4.39 Å².